The Morgan fingerprint density at radius 3 is 3.12 bits per heavy atom. The van der Waals surface area contributed by atoms with Crippen LogP contribution in [0.3, 0.4) is 0 Å². The summed E-state index contributed by atoms with van der Waals surface area (Å²) in [4.78, 5) is 16.3. The van der Waals surface area contributed by atoms with E-state index in [-0.39, 0.29) is 17.7 Å². The largest absolute Gasteiger partial charge is 0.379 e. The van der Waals surface area contributed by atoms with Crippen molar-refractivity contribution in [2.45, 2.75) is 32.4 Å². The molecule has 5 nitrogen and oxygen atoms in total. The molecule has 0 bridgehead atoms. The molecule has 2 heterocycles. The number of hydrogen-bond acceptors (Lipinski definition) is 4. The Hall–Kier alpha value is -1.20. The summed E-state index contributed by atoms with van der Waals surface area (Å²) < 4.78 is 7.24. The Balaban J connectivity index is 2.00. The Labute approximate surface area is 101 Å². The van der Waals surface area contributed by atoms with E-state index in [1.807, 2.05) is 10.8 Å². The molecule has 2 N–H and O–H groups in total. The van der Waals surface area contributed by atoms with Gasteiger partial charge >= 0.3 is 0 Å². The molecule has 17 heavy (non-hydrogen) atoms. The van der Waals surface area contributed by atoms with Gasteiger partial charge in [0, 0.05) is 25.0 Å². The van der Waals surface area contributed by atoms with Gasteiger partial charge in [-0.3, -0.25) is 4.79 Å². The van der Waals surface area contributed by atoms with Crippen LogP contribution in [0.5, 0.6) is 0 Å². The molecule has 2 unspecified atom stereocenters. The van der Waals surface area contributed by atoms with Crippen LogP contribution in [0.15, 0.2) is 12.4 Å². The summed E-state index contributed by atoms with van der Waals surface area (Å²) >= 11 is 0. The molecular weight excluding hydrogens is 218 g/mol. The molecule has 1 saturated heterocycles. The van der Waals surface area contributed by atoms with Crippen LogP contribution in [0.25, 0.3) is 0 Å². The molecule has 1 aromatic heterocycles. The van der Waals surface area contributed by atoms with Gasteiger partial charge in [0.1, 0.15) is 11.6 Å². The van der Waals surface area contributed by atoms with Gasteiger partial charge in [-0.1, -0.05) is 6.92 Å². The number of ether oxygens (including phenoxy) is 1. The minimum Gasteiger partial charge on any atom is -0.379 e. The normalized spacial score (nSPS) is 24.1. The topological polar surface area (TPSA) is 70.1 Å². The number of rotatable bonds is 5. The lowest BCUT2D eigenvalue weighted by Gasteiger charge is -2.12. The first kappa shape index (κ1) is 12.3. The third-order valence-corrected chi connectivity index (χ3v) is 3.14. The molecule has 5 heteroatoms. The van der Waals surface area contributed by atoms with Gasteiger partial charge in [0.15, 0.2) is 0 Å². The van der Waals surface area contributed by atoms with E-state index >= 15 is 0 Å². The van der Waals surface area contributed by atoms with Crippen LogP contribution < -0.4 is 5.73 Å². The third-order valence-electron chi connectivity index (χ3n) is 3.14. The Morgan fingerprint density at radius 1 is 1.65 bits per heavy atom. The van der Waals surface area contributed by atoms with E-state index in [9.17, 15) is 4.79 Å². The van der Waals surface area contributed by atoms with Gasteiger partial charge in [-0.25, -0.2) is 4.98 Å². The fraction of sp³-hybridized carbons (Fsp3) is 0.667. The van der Waals surface area contributed by atoms with Crippen molar-refractivity contribution in [3.8, 4) is 0 Å². The maximum Gasteiger partial charge on any atom is 0.147 e. The molecule has 1 aromatic rings. The van der Waals surface area contributed by atoms with Crippen LogP contribution in [0, 0.1) is 5.92 Å². The molecule has 94 valence electrons. The van der Waals surface area contributed by atoms with E-state index < -0.39 is 0 Å². The highest BCUT2D eigenvalue weighted by molar-refractivity contribution is 5.83. The average molecular weight is 237 g/mol. The highest BCUT2D eigenvalue weighted by Gasteiger charge is 2.31. The van der Waals surface area contributed by atoms with Gasteiger partial charge in [0.05, 0.1) is 25.6 Å². The summed E-state index contributed by atoms with van der Waals surface area (Å²) in [7, 11) is 0. The van der Waals surface area contributed by atoms with Gasteiger partial charge < -0.3 is 15.0 Å². The summed E-state index contributed by atoms with van der Waals surface area (Å²) in [6.07, 6.45) is 5.04. The zero-order valence-electron chi connectivity index (χ0n) is 10.1. The first-order valence-corrected chi connectivity index (χ1v) is 6.08. The number of carbonyl (C=O) groups is 1. The van der Waals surface area contributed by atoms with Gasteiger partial charge in [-0.2, -0.15) is 0 Å². The fourth-order valence-electron chi connectivity index (χ4n) is 2.14. The van der Waals surface area contributed by atoms with Gasteiger partial charge in [0.2, 0.25) is 0 Å². The summed E-state index contributed by atoms with van der Waals surface area (Å²) in [5, 5.41) is 0. The molecule has 0 amide bonds. The number of aromatic nitrogens is 2. The second-order valence-corrected chi connectivity index (χ2v) is 4.49. The molecule has 1 aliphatic rings. The molecule has 2 rings (SSSR count). The zero-order valence-corrected chi connectivity index (χ0v) is 10.1. The summed E-state index contributed by atoms with van der Waals surface area (Å²) in [5.41, 5.74) is 5.83. The van der Waals surface area contributed by atoms with Gasteiger partial charge in [0.25, 0.3) is 0 Å². The Morgan fingerprint density at radius 2 is 2.47 bits per heavy atom. The average Bonchev–Trinajstić information content (AvgIpc) is 2.89. The number of carbonyl (C=O) groups excluding carboxylic acids is 1. The van der Waals surface area contributed by atoms with Crippen LogP contribution in [-0.2, 0) is 22.5 Å². The molecule has 0 aliphatic carbocycles. The van der Waals surface area contributed by atoms with Crippen LogP contribution in [0.1, 0.15) is 19.2 Å². The second-order valence-electron chi connectivity index (χ2n) is 4.49. The van der Waals surface area contributed by atoms with E-state index in [1.165, 1.54) is 0 Å². The zero-order chi connectivity index (χ0) is 12.3. The van der Waals surface area contributed by atoms with E-state index in [1.54, 1.807) is 6.20 Å². The van der Waals surface area contributed by atoms with Crippen molar-refractivity contribution >= 4 is 5.78 Å². The standard InChI is InChI=1S/C12H19N3O2/c1-2-4-15-5-3-14-12(15)6-11(16)9-7-17-8-10(9)13/h3,5,9-10H,2,4,6-8,13H2,1H3. The first-order chi connectivity index (χ1) is 8.22. The van der Waals surface area contributed by atoms with Crippen molar-refractivity contribution in [1.29, 1.82) is 0 Å². The van der Waals surface area contributed by atoms with Crippen molar-refractivity contribution in [3.05, 3.63) is 18.2 Å². The smallest absolute Gasteiger partial charge is 0.147 e. The number of imidazole rings is 1. The van der Waals surface area contributed by atoms with E-state index in [0.717, 1.165) is 18.8 Å². The highest BCUT2D eigenvalue weighted by Crippen LogP contribution is 2.15. The molecular formula is C12H19N3O2. The van der Waals surface area contributed by atoms with Crippen molar-refractivity contribution in [1.82, 2.24) is 9.55 Å². The Bertz CT molecular complexity index is 389. The van der Waals surface area contributed by atoms with Crippen LogP contribution >= 0.6 is 0 Å². The van der Waals surface area contributed by atoms with Crippen LogP contribution in [0.4, 0.5) is 0 Å². The summed E-state index contributed by atoms with van der Waals surface area (Å²) in [6.45, 7) is 3.94. The van der Waals surface area contributed by atoms with Gasteiger partial charge in [-0.05, 0) is 6.42 Å². The summed E-state index contributed by atoms with van der Waals surface area (Å²) in [5.74, 6) is 0.802. The molecule has 2 atom stereocenters. The predicted octanol–water partition coefficient (Wildman–Crippen LogP) is 0.378. The highest BCUT2D eigenvalue weighted by atomic mass is 16.5. The first-order valence-electron chi connectivity index (χ1n) is 6.08. The van der Waals surface area contributed by atoms with Crippen LogP contribution in [0.2, 0.25) is 0 Å². The number of nitrogens with two attached hydrogens (primary N) is 1. The molecule has 0 aromatic carbocycles. The number of aryl methyl sites for hydroxylation is 1. The molecule has 0 radical (unpaired) electrons. The summed E-state index contributed by atoms with van der Waals surface area (Å²) in [6, 6.07) is -0.155. The lowest BCUT2D eigenvalue weighted by atomic mass is 9.97. The predicted molar refractivity (Wildman–Crippen MR) is 63.5 cm³/mol. The van der Waals surface area contributed by atoms with Crippen molar-refractivity contribution in [3.63, 3.8) is 0 Å². The van der Waals surface area contributed by atoms with E-state index in [0.29, 0.717) is 19.6 Å². The minimum atomic E-state index is -0.165. The lowest BCUT2D eigenvalue weighted by Crippen LogP contribution is -2.35. The molecule has 0 saturated carbocycles. The van der Waals surface area contributed by atoms with Crippen molar-refractivity contribution in [2.75, 3.05) is 13.2 Å². The molecule has 0 spiro atoms. The third kappa shape index (κ3) is 2.73. The van der Waals surface area contributed by atoms with Gasteiger partial charge in [-0.15, -0.1) is 0 Å². The number of ketones is 1. The van der Waals surface area contributed by atoms with Crippen LogP contribution in [-0.4, -0.2) is 34.6 Å². The van der Waals surface area contributed by atoms with Crippen molar-refractivity contribution in [2.24, 2.45) is 11.7 Å². The van der Waals surface area contributed by atoms with Crippen molar-refractivity contribution < 1.29 is 9.53 Å². The second kappa shape index (κ2) is 5.42. The quantitative estimate of drug-likeness (QED) is 0.803. The number of hydrogen-bond donors (Lipinski definition) is 1. The maximum atomic E-state index is 12.1. The minimum absolute atomic E-state index is 0.138. The van der Waals surface area contributed by atoms with E-state index in [4.69, 9.17) is 10.5 Å². The fourth-order valence-corrected chi connectivity index (χ4v) is 2.14. The number of Topliss-reactive ketones (excluding diaryl/α,β-unsaturated/α-hetero) is 1. The Kier molecular flexibility index (Phi) is 3.91. The molecule has 1 aliphatic heterocycles. The lowest BCUT2D eigenvalue weighted by molar-refractivity contribution is -0.122. The maximum absolute atomic E-state index is 12.1. The van der Waals surface area contributed by atoms with E-state index in [2.05, 4.69) is 11.9 Å². The monoisotopic (exact) mass is 237 g/mol. The SMILES string of the molecule is CCCn1ccnc1CC(=O)C1COCC1N. The number of nitrogens with zero attached hydrogens (tertiary/aromatic N) is 2. The molecule has 1 fully saturated rings.